The maximum Gasteiger partial charge on any atom is 0.179 e. The van der Waals surface area contributed by atoms with Crippen LogP contribution in [0.1, 0.15) is 24.1 Å². The number of nitrogens with zero attached hydrogens (tertiary/aromatic N) is 2. The van der Waals surface area contributed by atoms with Crippen LogP contribution in [0, 0.1) is 17.5 Å². The van der Waals surface area contributed by atoms with Crippen molar-refractivity contribution in [1.29, 1.82) is 0 Å². The van der Waals surface area contributed by atoms with Gasteiger partial charge in [0, 0.05) is 6.20 Å². The van der Waals surface area contributed by atoms with Gasteiger partial charge in [-0.3, -0.25) is 4.57 Å². The highest BCUT2D eigenvalue weighted by Crippen LogP contribution is 2.24. The smallest absolute Gasteiger partial charge is 0.179 e. The first kappa shape index (κ1) is 13.0. The summed E-state index contributed by atoms with van der Waals surface area (Å²) in [7, 11) is 0. The number of aryl methyl sites for hydroxylation is 1. The van der Waals surface area contributed by atoms with Gasteiger partial charge < -0.3 is 4.98 Å². The third kappa shape index (κ3) is 2.14. The summed E-state index contributed by atoms with van der Waals surface area (Å²) in [6.07, 6.45) is 1.81. The molecule has 3 rings (SSSR count). The molecule has 1 atom stereocenters. The first-order valence-corrected chi connectivity index (χ1v) is 6.79. The number of H-pyrrole nitrogens is 1. The molecule has 0 aliphatic rings. The number of hydrogen-bond donors (Lipinski definition) is 1. The quantitative estimate of drug-likeness (QED) is 0.718. The molecule has 1 aromatic carbocycles. The molecule has 0 saturated heterocycles. The number of hydrogen-bond acceptors (Lipinski definition) is 2. The van der Waals surface area contributed by atoms with Crippen molar-refractivity contribution in [3.8, 4) is 0 Å². The van der Waals surface area contributed by atoms with Gasteiger partial charge in [-0.25, -0.2) is 9.37 Å². The summed E-state index contributed by atoms with van der Waals surface area (Å²) in [5, 5.41) is 0. The standard InChI is InChI=1S/C15H14FN3S/c1-9-6-13-14(17-8-9)19(15(20)18-13)10(2)11-4-3-5-12(16)7-11/h3-8,10H,1-2H3,(H,18,20). The molecule has 0 aliphatic carbocycles. The first-order valence-electron chi connectivity index (χ1n) is 6.38. The van der Waals surface area contributed by atoms with Crippen LogP contribution in [0.2, 0.25) is 0 Å². The molecule has 0 fully saturated rings. The van der Waals surface area contributed by atoms with Crippen LogP contribution in [0.5, 0.6) is 0 Å². The average molecular weight is 287 g/mol. The fraction of sp³-hybridized carbons (Fsp3) is 0.200. The molecule has 0 radical (unpaired) electrons. The van der Waals surface area contributed by atoms with E-state index in [2.05, 4.69) is 9.97 Å². The van der Waals surface area contributed by atoms with E-state index in [0.29, 0.717) is 4.77 Å². The van der Waals surface area contributed by atoms with E-state index in [1.165, 1.54) is 12.1 Å². The van der Waals surface area contributed by atoms with Crippen LogP contribution < -0.4 is 0 Å². The number of fused-ring (bicyclic) bond motifs is 1. The lowest BCUT2D eigenvalue weighted by atomic mass is 10.1. The minimum Gasteiger partial charge on any atom is -0.329 e. The SMILES string of the molecule is Cc1cnc2c(c1)[nH]c(=S)n2C(C)c1cccc(F)c1. The lowest BCUT2D eigenvalue weighted by molar-refractivity contribution is 0.606. The van der Waals surface area contributed by atoms with Crippen molar-refractivity contribution in [1.82, 2.24) is 14.5 Å². The van der Waals surface area contributed by atoms with Crippen LogP contribution in [0.3, 0.4) is 0 Å². The topological polar surface area (TPSA) is 33.6 Å². The highest BCUT2D eigenvalue weighted by atomic mass is 32.1. The summed E-state index contributed by atoms with van der Waals surface area (Å²) in [5.41, 5.74) is 3.62. The number of aromatic nitrogens is 3. The molecule has 0 saturated carbocycles. The van der Waals surface area contributed by atoms with Gasteiger partial charge in [0.1, 0.15) is 5.82 Å². The van der Waals surface area contributed by atoms with Crippen LogP contribution in [0.15, 0.2) is 36.5 Å². The van der Waals surface area contributed by atoms with E-state index in [1.807, 2.05) is 30.5 Å². The highest BCUT2D eigenvalue weighted by Gasteiger charge is 2.14. The van der Waals surface area contributed by atoms with Gasteiger partial charge in [0.25, 0.3) is 0 Å². The van der Waals surface area contributed by atoms with E-state index in [9.17, 15) is 4.39 Å². The van der Waals surface area contributed by atoms with E-state index >= 15 is 0 Å². The second-order valence-corrected chi connectivity index (χ2v) is 5.30. The Labute approximate surface area is 121 Å². The fourth-order valence-electron chi connectivity index (χ4n) is 2.39. The molecule has 0 bridgehead atoms. The Kier molecular flexibility index (Phi) is 3.14. The molecule has 2 aromatic heterocycles. The number of imidazole rings is 1. The predicted molar refractivity (Wildman–Crippen MR) is 79.9 cm³/mol. The number of nitrogens with one attached hydrogen (secondary N) is 1. The van der Waals surface area contributed by atoms with Crippen molar-refractivity contribution in [3.05, 3.63) is 58.2 Å². The molecular formula is C15H14FN3S. The van der Waals surface area contributed by atoms with Crippen molar-refractivity contribution < 1.29 is 4.39 Å². The highest BCUT2D eigenvalue weighted by molar-refractivity contribution is 7.71. The van der Waals surface area contributed by atoms with Crippen molar-refractivity contribution in [2.75, 3.05) is 0 Å². The zero-order valence-electron chi connectivity index (χ0n) is 11.2. The molecule has 0 spiro atoms. The van der Waals surface area contributed by atoms with Crippen molar-refractivity contribution in [2.24, 2.45) is 0 Å². The second-order valence-electron chi connectivity index (χ2n) is 4.91. The van der Waals surface area contributed by atoms with Gasteiger partial charge in [0.05, 0.1) is 11.6 Å². The van der Waals surface area contributed by atoms with Crippen molar-refractivity contribution in [2.45, 2.75) is 19.9 Å². The lowest BCUT2D eigenvalue weighted by Gasteiger charge is -2.14. The molecule has 2 heterocycles. The summed E-state index contributed by atoms with van der Waals surface area (Å²) < 4.78 is 15.9. The maximum atomic E-state index is 13.4. The maximum absolute atomic E-state index is 13.4. The first-order chi connectivity index (χ1) is 9.56. The van der Waals surface area contributed by atoms with Gasteiger partial charge in [-0.1, -0.05) is 12.1 Å². The number of benzene rings is 1. The Morgan fingerprint density at radius 1 is 1.35 bits per heavy atom. The Morgan fingerprint density at radius 3 is 2.90 bits per heavy atom. The van der Waals surface area contributed by atoms with Gasteiger partial charge in [-0.2, -0.15) is 0 Å². The summed E-state index contributed by atoms with van der Waals surface area (Å²) in [6.45, 7) is 3.97. The number of rotatable bonds is 2. The Balaban J connectivity index is 2.19. The molecule has 5 heteroatoms. The number of pyridine rings is 1. The number of halogens is 1. The van der Waals surface area contributed by atoms with Gasteiger partial charge in [0.15, 0.2) is 10.4 Å². The van der Waals surface area contributed by atoms with E-state index in [-0.39, 0.29) is 11.9 Å². The van der Waals surface area contributed by atoms with Crippen molar-refractivity contribution >= 4 is 23.4 Å². The molecule has 0 aliphatic heterocycles. The van der Waals surface area contributed by atoms with Crippen molar-refractivity contribution in [3.63, 3.8) is 0 Å². The van der Waals surface area contributed by atoms with Gasteiger partial charge in [-0.15, -0.1) is 0 Å². The monoisotopic (exact) mass is 287 g/mol. The normalized spacial score (nSPS) is 12.8. The summed E-state index contributed by atoms with van der Waals surface area (Å²) >= 11 is 5.38. The summed E-state index contributed by atoms with van der Waals surface area (Å²) in [6, 6.07) is 8.49. The Bertz CT molecular complexity index is 834. The largest absolute Gasteiger partial charge is 0.329 e. The molecule has 102 valence electrons. The molecule has 20 heavy (non-hydrogen) atoms. The molecule has 1 unspecified atom stereocenters. The zero-order valence-corrected chi connectivity index (χ0v) is 12.0. The Hall–Kier alpha value is -2.01. The molecule has 1 N–H and O–H groups in total. The third-order valence-corrected chi connectivity index (χ3v) is 3.71. The Morgan fingerprint density at radius 2 is 2.15 bits per heavy atom. The average Bonchev–Trinajstić information content (AvgIpc) is 2.73. The minimum absolute atomic E-state index is 0.0813. The van der Waals surface area contributed by atoms with E-state index < -0.39 is 0 Å². The molecule has 0 amide bonds. The van der Waals surface area contributed by atoms with E-state index in [0.717, 1.165) is 22.3 Å². The van der Waals surface area contributed by atoms with Gasteiger partial charge >= 0.3 is 0 Å². The van der Waals surface area contributed by atoms with E-state index in [1.54, 1.807) is 12.3 Å². The fourth-order valence-corrected chi connectivity index (χ4v) is 2.75. The molecular weight excluding hydrogens is 273 g/mol. The van der Waals surface area contributed by atoms with Crippen LogP contribution in [0.4, 0.5) is 4.39 Å². The zero-order chi connectivity index (χ0) is 14.3. The van der Waals surface area contributed by atoms with Crippen LogP contribution >= 0.6 is 12.2 Å². The van der Waals surface area contributed by atoms with Crippen LogP contribution in [-0.2, 0) is 0 Å². The van der Waals surface area contributed by atoms with Gasteiger partial charge in [0.2, 0.25) is 0 Å². The van der Waals surface area contributed by atoms with Gasteiger partial charge in [-0.05, 0) is 55.4 Å². The third-order valence-electron chi connectivity index (χ3n) is 3.41. The predicted octanol–water partition coefficient (Wildman–Crippen LogP) is 4.15. The molecule has 3 nitrogen and oxygen atoms in total. The van der Waals surface area contributed by atoms with Crippen LogP contribution in [-0.4, -0.2) is 14.5 Å². The van der Waals surface area contributed by atoms with Crippen LogP contribution in [0.25, 0.3) is 11.2 Å². The minimum atomic E-state index is -0.246. The van der Waals surface area contributed by atoms with E-state index in [4.69, 9.17) is 12.2 Å². The molecule has 3 aromatic rings. The summed E-state index contributed by atoms with van der Waals surface area (Å²) in [5.74, 6) is -0.246. The second kappa shape index (κ2) is 4.83. The lowest BCUT2D eigenvalue weighted by Crippen LogP contribution is -2.07. The number of aromatic amines is 1. The summed E-state index contributed by atoms with van der Waals surface area (Å²) in [4.78, 5) is 7.60.